The van der Waals surface area contributed by atoms with Crippen LogP contribution in [-0.2, 0) is 41.9 Å². The van der Waals surface area contributed by atoms with Crippen LogP contribution in [0.1, 0.15) is 45.6 Å². The van der Waals surface area contributed by atoms with Crippen molar-refractivity contribution in [2.75, 3.05) is 18.0 Å². The largest absolute Gasteiger partial charge is 0.490 e. The third-order valence-electron chi connectivity index (χ3n) is 7.96. The number of amides is 1. The van der Waals surface area contributed by atoms with Gasteiger partial charge in [0.1, 0.15) is 30.0 Å². The van der Waals surface area contributed by atoms with Crippen LogP contribution in [-0.4, -0.2) is 71.0 Å². The molecule has 0 bridgehead atoms. The minimum absolute atomic E-state index is 0.0199. The van der Waals surface area contributed by atoms with E-state index in [2.05, 4.69) is 10.3 Å². The summed E-state index contributed by atoms with van der Waals surface area (Å²) in [4.78, 5) is 67.1. The number of hydrogen-bond donors (Lipinski definition) is 4. The highest BCUT2D eigenvalue weighted by atomic mass is 32.1. The number of nitrogens with two attached hydrogens (primary N) is 1. The van der Waals surface area contributed by atoms with Crippen molar-refractivity contribution in [3.8, 4) is 5.75 Å². The van der Waals surface area contributed by atoms with Gasteiger partial charge in [-0.3, -0.25) is 15.0 Å². The molecule has 0 unspecified atom stereocenters. The summed E-state index contributed by atoms with van der Waals surface area (Å²) in [7, 11) is 0. The maximum absolute atomic E-state index is 14.3. The fraction of sp³-hybridized carbons (Fsp3) is 0.270. The molecule has 0 radical (unpaired) electrons. The zero-order valence-corrected chi connectivity index (χ0v) is 30.1. The number of aliphatic carboxylic acids is 1. The number of amidine groups is 1. The molecule has 0 aliphatic carbocycles. The predicted molar refractivity (Wildman–Crippen MR) is 192 cm³/mol. The zero-order valence-electron chi connectivity index (χ0n) is 29.3. The molecule has 1 saturated heterocycles. The number of nitrogens with zero attached hydrogens (tertiary/aromatic N) is 2. The molecular formula is C37H35F4N5O9S. The number of aromatic nitrogens is 1. The maximum Gasteiger partial charge on any atom is 0.490 e. The van der Waals surface area contributed by atoms with Crippen molar-refractivity contribution in [1.29, 1.82) is 5.41 Å². The summed E-state index contributed by atoms with van der Waals surface area (Å²) in [6.07, 6.45) is -3.30. The lowest BCUT2D eigenvalue weighted by Gasteiger charge is -2.31. The minimum atomic E-state index is -5.08. The van der Waals surface area contributed by atoms with E-state index in [0.717, 1.165) is 28.5 Å². The number of halogens is 4. The summed E-state index contributed by atoms with van der Waals surface area (Å²) in [5, 5.41) is 17.8. The van der Waals surface area contributed by atoms with Gasteiger partial charge in [0.05, 0.1) is 12.6 Å². The van der Waals surface area contributed by atoms with Gasteiger partial charge < -0.3 is 35.3 Å². The number of ether oxygens (including phenoxy) is 3. The normalized spacial score (nSPS) is 13.3. The maximum atomic E-state index is 14.3. The Morgan fingerprint density at radius 3 is 2.05 bits per heavy atom. The van der Waals surface area contributed by atoms with E-state index in [0.29, 0.717) is 31.1 Å². The lowest BCUT2D eigenvalue weighted by molar-refractivity contribution is -0.192. The number of carbonyl (C=O) groups is 5. The first-order chi connectivity index (χ1) is 26.6. The standard InChI is InChI=1S/C35H34FN5O7S.C2HF3O2/c36-26-17-25(31(37)38)11-12-28(26)48-34(45)29-19-39-35(49-29)41-15-13-24(14-16-41)32(43)40-27(33(44)47-21-23-9-5-2-6-10-23)18-30(42)46-20-22-7-3-1-4-8-22;3-2(4,5)1(6)7/h1-12,17,19,24,27H,13-16,18,20-21H2,(H3,37,38)(H,40,43);(H,6,7)/t27-;/m0./s1. The van der Waals surface area contributed by atoms with E-state index in [1.165, 1.54) is 18.3 Å². The van der Waals surface area contributed by atoms with Crippen LogP contribution in [0.15, 0.2) is 85.1 Å². The zero-order chi connectivity index (χ0) is 40.8. The van der Waals surface area contributed by atoms with Gasteiger partial charge in [0.2, 0.25) is 5.91 Å². The molecule has 1 aliphatic rings. The third-order valence-corrected chi connectivity index (χ3v) is 9.00. The van der Waals surface area contributed by atoms with E-state index in [9.17, 15) is 36.7 Å². The first-order valence-corrected chi connectivity index (χ1v) is 17.5. The number of esters is 3. The molecule has 0 spiro atoms. The number of anilines is 1. The average Bonchev–Trinajstić information content (AvgIpc) is 3.68. The van der Waals surface area contributed by atoms with Crippen molar-refractivity contribution in [3.63, 3.8) is 0 Å². The number of hydrogen-bond acceptors (Lipinski definition) is 12. The Balaban J connectivity index is 0.000000908. The molecule has 296 valence electrons. The van der Waals surface area contributed by atoms with Crippen LogP contribution in [0.4, 0.5) is 22.7 Å². The van der Waals surface area contributed by atoms with E-state index in [-0.39, 0.29) is 35.2 Å². The van der Waals surface area contributed by atoms with Crippen molar-refractivity contribution in [3.05, 3.63) is 112 Å². The molecule has 56 heavy (non-hydrogen) atoms. The molecule has 5 rings (SSSR count). The molecule has 1 fully saturated rings. The molecule has 2 heterocycles. The Morgan fingerprint density at radius 2 is 1.52 bits per heavy atom. The van der Waals surface area contributed by atoms with Gasteiger partial charge in [-0.2, -0.15) is 13.2 Å². The second kappa shape index (κ2) is 19.8. The highest BCUT2D eigenvalue weighted by Crippen LogP contribution is 2.29. The van der Waals surface area contributed by atoms with E-state index in [4.69, 9.17) is 35.3 Å². The summed E-state index contributed by atoms with van der Waals surface area (Å²) < 4.78 is 62.1. The van der Waals surface area contributed by atoms with E-state index in [1.807, 2.05) is 53.4 Å². The predicted octanol–water partition coefficient (Wildman–Crippen LogP) is 5.00. The molecule has 5 N–H and O–H groups in total. The van der Waals surface area contributed by atoms with Gasteiger partial charge in [-0.25, -0.2) is 23.8 Å². The number of nitrogen functional groups attached to an aromatic ring is 1. The number of piperidine rings is 1. The molecule has 1 amide bonds. The molecule has 1 aliphatic heterocycles. The summed E-state index contributed by atoms with van der Waals surface area (Å²) >= 11 is 1.07. The van der Waals surface area contributed by atoms with E-state index in [1.54, 1.807) is 12.1 Å². The Labute approximate surface area is 320 Å². The monoisotopic (exact) mass is 801 g/mol. The van der Waals surface area contributed by atoms with Crippen molar-refractivity contribution in [2.45, 2.75) is 44.7 Å². The lowest BCUT2D eigenvalue weighted by Crippen LogP contribution is -2.48. The SMILES string of the molecule is N=C(N)c1ccc(OC(=O)c2cnc(N3CCC(C(=O)N[C@@H](CC(=O)OCc4ccccc4)C(=O)OCc4ccccc4)CC3)s2)c(F)c1.O=C(O)C(F)(F)F. The van der Waals surface area contributed by atoms with Gasteiger partial charge in [-0.1, -0.05) is 72.0 Å². The summed E-state index contributed by atoms with van der Waals surface area (Å²) in [5.41, 5.74) is 7.08. The molecule has 3 aromatic carbocycles. The Bertz CT molecular complexity index is 2010. The quantitative estimate of drug-likeness (QED) is 0.0463. The molecule has 4 aromatic rings. The van der Waals surface area contributed by atoms with Gasteiger partial charge in [0.25, 0.3) is 0 Å². The minimum Gasteiger partial charge on any atom is -0.475 e. The van der Waals surface area contributed by atoms with Crippen LogP contribution >= 0.6 is 11.3 Å². The summed E-state index contributed by atoms with van der Waals surface area (Å²) in [5.74, 6) is -7.24. The Hall–Kier alpha value is -6.37. The van der Waals surface area contributed by atoms with E-state index >= 15 is 0 Å². The highest BCUT2D eigenvalue weighted by Gasteiger charge is 2.38. The number of alkyl halides is 3. The molecular weight excluding hydrogens is 766 g/mol. The Morgan fingerprint density at radius 1 is 0.946 bits per heavy atom. The molecule has 14 nitrogen and oxygen atoms in total. The smallest absolute Gasteiger partial charge is 0.475 e. The second-order valence-corrected chi connectivity index (χ2v) is 13.0. The number of carboxylic acids is 1. The number of carbonyl (C=O) groups excluding carboxylic acids is 4. The average molecular weight is 802 g/mol. The topological polar surface area (TPSA) is 211 Å². The molecule has 0 saturated carbocycles. The number of nitrogens with one attached hydrogen (secondary N) is 2. The third kappa shape index (κ3) is 12.9. The number of rotatable bonds is 13. The highest BCUT2D eigenvalue weighted by molar-refractivity contribution is 7.17. The summed E-state index contributed by atoms with van der Waals surface area (Å²) in [6.45, 7) is 0.875. The molecule has 1 atom stereocenters. The van der Waals surface area contributed by atoms with Crippen LogP contribution < -0.4 is 20.7 Å². The fourth-order valence-corrected chi connectivity index (χ4v) is 5.86. The van der Waals surface area contributed by atoms with Crippen LogP contribution in [0.25, 0.3) is 0 Å². The van der Waals surface area contributed by atoms with Crippen LogP contribution in [0.5, 0.6) is 5.75 Å². The first-order valence-electron chi connectivity index (χ1n) is 16.7. The van der Waals surface area contributed by atoms with Gasteiger partial charge in [-0.15, -0.1) is 0 Å². The van der Waals surface area contributed by atoms with Crippen LogP contribution in [0.2, 0.25) is 0 Å². The molecule has 19 heteroatoms. The van der Waals surface area contributed by atoms with Gasteiger partial charge in [0.15, 0.2) is 16.7 Å². The van der Waals surface area contributed by atoms with Gasteiger partial charge in [0, 0.05) is 24.6 Å². The molecule has 1 aromatic heterocycles. The van der Waals surface area contributed by atoms with Crippen molar-refractivity contribution < 1.29 is 60.9 Å². The van der Waals surface area contributed by atoms with Gasteiger partial charge in [-0.05, 0) is 42.2 Å². The van der Waals surface area contributed by atoms with E-state index < -0.39 is 60.2 Å². The number of thiazole rings is 1. The van der Waals surface area contributed by atoms with Crippen molar-refractivity contribution >= 4 is 52.1 Å². The summed E-state index contributed by atoms with van der Waals surface area (Å²) in [6, 6.07) is 20.5. The Kier molecular flexibility index (Phi) is 15.0. The van der Waals surface area contributed by atoms with Crippen LogP contribution in [0, 0.1) is 17.1 Å². The van der Waals surface area contributed by atoms with Gasteiger partial charge >= 0.3 is 30.1 Å². The van der Waals surface area contributed by atoms with Crippen LogP contribution in [0.3, 0.4) is 0 Å². The van der Waals surface area contributed by atoms with Crippen molar-refractivity contribution in [2.24, 2.45) is 11.7 Å². The lowest BCUT2D eigenvalue weighted by atomic mass is 9.95. The fourth-order valence-electron chi connectivity index (χ4n) is 5.02. The number of carboxylic acid groups (broad SMARTS) is 1. The number of benzene rings is 3. The second-order valence-electron chi connectivity index (χ2n) is 12.0. The first kappa shape index (κ1) is 42.4. The van der Waals surface area contributed by atoms with Crippen molar-refractivity contribution in [1.82, 2.24) is 10.3 Å².